The lowest BCUT2D eigenvalue weighted by atomic mass is 10.2. The maximum absolute atomic E-state index is 12.0. The molecule has 0 aliphatic rings. The van der Waals surface area contributed by atoms with Gasteiger partial charge in [0.25, 0.3) is 11.8 Å². The van der Waals surface area contributed by atoms with E-state index in [0.29, 0.717) is 34.4 Å². The summed E-state index contributed by atoms with van der Waals surface area (Å²) in [6.07, 6.45) is 4.56. The number of carbonyl (C=O) groups is 2. The van der Waals surface area contributed by atoms with E-state index < -0.39 is 11.8 Å². The zero-order valence-electron chi connectivity index (χ0n) is 15.0. The molecule has 7 nitrogen and oxygen atoms in total. The summed E-state index contributed by atoms with van der Waals surface area (Å²) in [4.78, 5) is 24.0. The molecule has 2 N–H and O–H groups in total. The summed E-state index contributed by atoms with van der Waals surface area (Å²) in [6, 6.07) is 5.00. The van der Waals surface area contributed by atoms with Crippen LogP contribution in [-0.4, -0.2) is 30.1 Å². The smallest absolute Gasteiger partial charge is 0.286 e. The van der Waals surface area contributed by atoms with Crippen molar-refractivity contribution in [3.8, 4) is 11.5 Å². The number of ether oxygens (including phenoxy) is 2. The molecule has 9 heteroatoms. The maximum Gasteiger partial charge on any atom is 0.286 e. The van der Waals surface area contributed by atoms with E-state index in [0.717, 1.165) is 4.47 Å². The van der Waals surface area contributed by atoms with E-state index >= 15 is 0 Å². The average molecular weight is 457 g/mol. The Morgan fingerprint density at radius 2 is 2.04 bits per heavy atom. The predicted octanol–water partition coefficient (Wildman–Crippen LogP) is 3.32. The van der Waals surface area contributed by atoms with Crippen LogP contribution in [0.1, 0.15) is 23.0 Å². The molecule has 2 rings (SSSR count). The van der Waals surface area contributed by atoms with Gasteiger partial charge in [-0.25, -0.2) is 0 Å². The first-order valence-corrected chi connectivity index (χ1v) is 9.13. The summed E-state index contributed by atoms with van der Waals surface area (Å²) in [5.41, 5.74) is 5.72. The van der Waals surface area contributed by atoms with Crippen molar-refractivity contribution in [2.45, 2.75) is 6.92 Å². The Labute approximate surface area is 170 Å². The Bertz CT molecular complexity index is 880. The van der Waals surface area contributed by atoms with Gasteiger partial charge in [0.05, 0.1) is 18.7 Å². The van der Waals surface area contributed by atoms with E-state index in [1.165, 1.54) is 13.2 Å². The monoisotopic (exact) mass is 455 g/mol. The van der Waals surface area contributed by atoms with Crippen LogP contribution < -0.4 is 20.3 Å². The van der Waals surface area contributed by atoms with Crippen LogP contribution in [0.15, 0.2) is 34.9 Å². The highest BCUT2D eigenvalue weighted by Crippen LogP contribution is 2.36. The highest BCUT2D eigenvalue weighted by atomic mass is 79.9. The Morgan fingerprint density at radius 3 is 2.63 bits per heavy atom. The molecular formula is C18H19BrClN3O4. The SMILES string of the molecule is CCOc1cc(/C=C/C(=O)NNC(=O)c2cc(Br)cn2C)cc(Cl)c1OC. The zero-order chi connectivity index (χ0) is 20.0. The number of aryl methyl sites for hydroxylation is 1. The minimum atomic E-state index is -0.499. The predicted molar refractivity (Wildman–Crippen MR) is 107 cm³/mol. The molecular weight excluding hydrogens is 438 g/mol. The molecule has 0 unspecified atom stereocenters. The van der Waals surface area contributed by atoms with Gasteiger partial charge in [0, 0.05) is 23.8 Å². The number of hydrazine groups is 1. The molecule has 0 fully saturated rings. The lowest BCUT2D eigenvalue weighted by Crippen LogP contribution is -2.41. The summed E-state index contributed by atoms with van der Waals surface area (Å²) < 4.78 is 13.1. The summed E-state index contributed by atoms with van der Waals surface area (Å²) >= 11 is 9.46. The molecule has 1 aromatic heterocycles. The second-order valence-corrected chi connectivity index (χ2v) is 6.72. The molecule has 1 heterocycles. The van der Waals surface area contributed by atoms with E-state index in [9.17, 15) is 9.59 Å². The van der Waals surface area contributed by atoms with E-state index in [1.54, 1.807) is 42.1 Å². The van der Waals surface area contributed by atoms with Crippen molar-refractivity contribution >= 4 is 45.4 Å². The zero-order valence-corrected chi connectivity index (χ0v) is 17.3. The first-order valence-electron chi connectivity index (χ1n) is 7.96. The number of amides is 2. The molecule has 27 heavy (non-hydrogen) atoms. The minimum absolute atomic E-state index is 0.367. The maximum atomic E-state index is 12.0. The van der Waals surface area contributed by atoms with Gasteiger partial charge in [-0.05, 0) is 52.7 Å². The van der Waals surface area contributed by atoms with Crippen LogP contribution in [-0.2, 0) is 11.8 Å². The number of aromatic nitrogens is 1. The second kappa shape index (κ2) is 9.48. The van der Waals surface area contributed by atoms with Crippen LogP contribution in [0.4, 0.5) is 0 Å². The minimum Gasteiger partial charge on any atom is -0.491 e. The number of halogens is 2. The highest BCUT2D eigenvalue weighted by Gasteiger charge is 2.12. The molecule has 0 radical (unpaired) electrons. The molecule has 0 spiro atoms. The van der Waals surface area contributed by atoms with E-state index in [1.807, 2.05) is 6.92 Å². The number of hydrogen-bond donors (Lipinski definition) is 2. The van der Waals surface area contributed by atoms with Gasteiger partial charge in [-0.2, -0.15) is 0 Å². The first kappa shape index (κ1) is 20.9. The molecule has 0 atom stereocenters. The summed E-state index contributed by atoms with van der Waals surface area (Å²) in [6.45, 7) is 2.29. The average Bonchev–Trinajstić information content (AvgIpc) is 2.96. The Hall–Kier alpha value is -2.45. The standard InChI is InChI=1S/C18H19BrClN3O4/c1-4-27-15-8-11(7-13(20)17(15)26-3)5-6-16(24)21-22-18(25)14-9-12(19)10-23(14)2/h5-10H,4H2,1-3H3,(H,21,24)(H,22,25)/b6-5+. The van der Waals surface area contributed by atoms with E-state index in [-0.39, 0.29) is 0 Å². The molecule has 0 aliphatic heterocycles. The van der Waals surface area contributed by atoms with Gasteiger partial charge in [-0.1, -0.05) is 11.6 Å². The van der Waals surface area contributed by atoms with Crippen LogP contribution in [0.25, 0.3) is 6.08 Å². The molecule has 144 valence electrons. The Morgan fingerprint density at radius 1 is 1.30 bits per heavy atom. The fourth-order valence-electron chi connectivity index (χ4n) is 2.29. The molecule has 0 aliphatic carbocycles. The molecule has 2 amide bonds. The third-order valence-electron chi connectivity index (χ3n) is 3.47. The van der Waals surface area contributed by atoms with Crippen molar-refractivity contribution in [3.63, 3.8) is 0 Å². The summed E-state index contributed by atoms with van der Waals surface area (Å²) in [5, 5.41) is 0.367. The van der Waals surface area contributed by atoms with Gasteiger partial charge in [-0.3, -0.25) is 20.4 Å². The summed E-state index contributed by atoms with van der Waals surface area (Å²) in [5.74, 6) is -0.0196. The Balaban J connectivity index is 2.02. The van der Waals surface area contributed by atoms with Crippen molar-refractivity contribution in [2.24, 2.45) is 7.05 Å². The van der Waals surface area contributed by atoms with Gasteiger partial charge in [0.1, 0.15) is 5.69 Å². The largest absolute Gasteiger partial charge is 0.491 e. The van der Waals surface area contributed by atoms with Crippen LogP contribution in [0.2, 0.25) is 5.02 Å². The molecule has 0 bridgehead atoms. The quantitative estimate of drug-likeness (QED) is 0.516. The van der Waals surface area contributed by atoms with E-state index in [2.05, 4.69) is 26.8 Å². The number of carbonyl (C=O) groups excluding carboxylic acids is 2. The molecule has 1 aromatic carbocycles. The topological polar surface area (TPSA) is 81.6 Å². The van der Waals surface area contributed by atoms with Gasteiger partial charge >= 0.3 is 0 Å². The number of nitrogens with zero attached hydrogens (tertiary/aromatic N) is 1. The third kappa shape index (κ3) is 5.51. The fraction of sp³-hybridized carbons (Fsp3) is 0.222. The van der Waals surface area contributed by atoms with Gasteiger partial charge < -0.3 is 14.0 Å². The number of methoxy groups -OCH3 is 1. The van der Waals surface area contributed by atoms with Crippen molar-refractivity contribution in [2.75, 3.05) is 13.7 Å². The third-order valence-corrected chi connectivity index (χ3v) is 4.18. The highest BCUT2D eigenvalue weighted by molar-refractivity contribution is 9.10. The summed E-state index contributed by atoms with van der Waals surface area (Å²) in [7, 11) is 3.23. The van der Waals surface area contributed by atoms with Crippen LogP contribution in [0, 0.1) is 0 Å². The number of hydrogen-bond acceptors (Lipinski definition) is 4. The number of benzene rings is 1. The van der Waals surface area contributed by atoms with Crippen molar-refractivity contribution < 1.29 is 19.1 Å². The van der Waals surface area contributed by atoms with E-state index in [4.69, 9.17) is 21.1 Å². The lowest BCUT2D eigenvalue weighted by Gasteiger charge is -2.11. The molecule has 2 aromatic rings. The van der Waals surface area contributed by atoms with Crippen LogP contribution in [0.5, 0.6) is 11.5 Å². The number of rotatable bonds is 6. The van der Waals surface area contributed by atoms with Gasteiger partial charge in [0.2, 0.25) is 0 Å². The van der Waals surface area contributed by atoms with Crippen molar-refractivity contribution in [3.05, 3.63) is 51.2 Å². The second-order valence-electron chi connectivity index (χ2n) is 5.40. The van der Waals surface area contributed by atoms with Crippen molar-refractivity contribution in [1.29, 1.82) is 0 Å². The van der Waals surface area contributed by atoms with Crippen LogP contribution in [0.3, 0.4) is 0 Å². The van der Waals surface area contributed by atoms with Gasteiger partial charge in [-0.15, -0.1) is 0 Å². The number of nitrogens with one attached hydrogen (secondary N) is 2. The first-order chi connectivity index (χ1) is 12.8. The van der Waals surface area contributed by atoms with Crippen molar-refractivity contribution in [1.82, 2.24) is 15.4 Å². The van der Waals surface area contributed by atoms with Crippen LogP contribution >= 0.6 is 27.5 Å². The Kier molecular flexibility index (Phi) is 7.32. The normalized spacial score (nSPS) is 10.7. The molecule has 0 saturated carbocycles. The lowest BCUT2D eigenvalue weighted by molar-refractivity contribution is -0.117. The fourth-order valence-corrected chi connectivity index (χ4v) is 3.11. The molecule has 0 saturated heterocycles. The van der Waals surface area contributed by atoms with Gasteiger partial charge in [0.15, 0.2) is 11.5 Å².